The van der Waals surface area contributed by atoms with Gasteiger partial charge in [0.2, 0.25) is 0 Å². The lowest BCUT2D eigenvalue weighted by atomic mass is 10.1. The fourth-order valence-corrected chi connectivity index (χ4v) is 2.52. The summed E-state index contributed by atoms with van der Waals surface area (Å²) in [7, 11) is 1.86. The van der Waals surface area contributed by atoms with Crippen molar-refractivity contribution in [1.82, 2.24) is 10.2 Å². The Labute approximate surface area is 124 Å². The summed E-state index contributed by atoms with van der Waals surface area (Å²) < 4.78 is 11.0. The van der Waals surface area contributed by atoms with Gasteiger partial charge in [-0.2, -0.15) is 0 Å². The van der Waals surface area contributed by atoms with Crippen LogP contribution >= 0.6 is 12.4 Å². The lowest BCUT2D eigenvalue weighted by Gasteiger charge is -2.25. The van der Waals surface area contributed by atoms with Gasteiger partial charge in [-0.25, -0.2) is 0 Å². The van der Waals surface area contributed by atoms with Gasteiger partial charge in [0.1, 0.15) is 13.2 Å². The number of hydrogen-bond acceptors (Lipinski definition) is 4. The van der Waals surface area contributed by atoms with Crippen LogP contribution in [-0.4, -0.2) is 50.2 Å². The van der Waals surface area contributed by atoms with E-state index in [1.807, 2.05) is 18.0 Å². The van der Waals surface area contributed by atoms with Crippen molar-refractivity contribution < 1.29 is 14.3 Å². The number of benzene rings is 1. The standard InChI is InChI=1S/C14H18N2O3.ClH/c1-16(11-4-5-15-9-11)14(17)10-2-3-12-13(8-10)19-7-6-18-12;/h2-3,8,11,15H,4-7,9H2,1H3;1H/t11-;/m1./s1. The van der Waals surface area contributed by atoms with Gasteiger partial charge < -0.3 is 19.7 Å². The minimum Gasteiger partial charge on any atom is -0.486 e. The molecule has 0 radical (unpaired) electrons. The van der Waals surface area contributed by atoms with Crippen LogP contribution in [0.15, 0.2) is 18.2 Å². The van der Waals surface area contributed by atoms with Crippen LogP contribution in [-0.2, 0) is 0 Å². The average Bonchev–Trinajstić information content (AvgIpc) is 2.99. The number of rotatable bonds is 2. The molecule has 1 saturated heterocycles. The molecule has 1 atom stereocenters. The molecule has 3 rings (SSSR count). The number of halogens is 1. The molecule has 0 aromatic heterocycles. The molecule has 2 heterocycles. The van der Waals surface area contributed by atoms with E-state index < -0.39 is 0 Å². The maximum atomic E-state index is 12.4. The van der Waals surface area contributed by atoms with Crippen molar-refractivity contribution in [3.63, 3.8) is 0 Å². The number of hydrogen-bond donors (Lipinski definition) is 1. The van der Waals surface area contributed by atoms with Crippen molar-refractivity contribution in [2.75, 3.05) is 33.4 Å². The van der Waals surface area contributed by atoms with Crippen LogP contribution in [0.1, 0.15) is 16.8 Å². The van der Waals surface area contributed by atoms with E-state index in [0.717, 1.165) is 19.5 Å². The summed E-state index contributed by atoms with van der Waals surface area (Å²) in [6, 6.07) is 5.66. The highest BCUT2D eigenvalue weighted by Gasteiger charge is 2.25. The summed E-state index contributed by atoms with van der Waals surface area (Å²) in [6.45, 7) is 2.94. The van der Waals surface area contributed by atoms with E-state index in [1.165, 1.54) is 0 Å². The number of fused-ring (bicyclic) bond motifs is 1. The summed E-state index contributed by atoms with van der Waals surface area (Å²) in [5.41, 5.74) is 0.652. The van der Waals surface area contributed by atoms with Crippen LogP contribution in [0.3, 0.4) is 0 Å². The second-order valence-electron chi connectivity index (χ2n) is 4.92. The fraction of sp³-hybridized carbons (Fsp3) is 0.500. The molecule has 0 aliphatic carbocycles. The number of amides is 1. The number of nitrogens with one attached hydrogen (secondary N) is 1. The highest BCUT2D eigenvalue weighted by Crippen LogP contribution is 2.31. The van der Waals surface area contributed by atoms with Crippen molar-refractivity contribution in [3.8, 4) is 11.5 Å². The van der Waals surface area contributed by atoms with Crippen molar-refractivity contribution in [1.29, 1.82) is 0 Å². The number of nitrogens with zero attached hydrogens (tertiary/aromatic N) is 1. The highest BCUT2D eigenvalue weighted by atomic mass is 35.5. The second-order valence-corrected chi connectivity index (χ2v) is 4.92. The van der Waals surface area contributed by atoms with Crippen LogP contribution in [0.2, 0.25) is 0 Å². The third-order valence-corrected chi connectivity index (χ3v) is 3.69. The maximum absolute atomic E-state index is 12.4. The number of carbonyl (C=O) groups excluding carboxylic acids is 1. The molecule has 1 fully saturated rings. The molecule has 0 saturated carbocycles. The molecule has 6 heteroatoms. The van der Waals surface area contributed by atoms with Gasteiger partial charge in [0.15, 0.2) is 11.5 Å². The summed E-state index contributed by atoms with van der Waals surface area (Å²) in [4.78, 5) is 14.2. The second kappa shape index (κ2) is 6.33. The zero-order valence-corrected chi connectivity index (χ0v) is 12.2. The number of likely N-dealkylation sites (N-methyl/N-ethyl adjacent to an activating group) is 1. The molecule has 1 aromatic carbocycles. The molecule has 5 nitrogen and oxygen atoms in total. The van der Waals surface area contributed by atoms with Crippen LogP contribution < -0.4 is 14.8 Å². The van der Waals surface area contributed by atoms with Gasteiger partial charge in [0, 0.05) is 25.2 Å². The molecule has 110 valence electrons. The number of carbonyl (C=O) groups is 1. The minimum absolute atomic E-state index is 0. The van der Waals surface area contributed by atoms with Crippen molar-refractivity contribution >= 4 is 18.3 Å². The molecule has 1 amide bonds. The lowest BCUT2D eigenvalue weighted by Crippen LogP contribution is -2.38. The van der Waals surface area contributed by atoms with Gasteiger partial charge in [0.05, 0.1) is 0 Å². The first-order chi connectivity index (χ1) is 9.25. The molecule has 20 heavy (non-hydrogen) atoms. The summed E-state index contributed by atoms with van der Waals surface area (Å²) >= 11 is 0. The van der Waals surface area contributed by atoms with E-state index in [2.05, 4.69) is 5.32 Å². The molecule has 0 spiro atoms. The van der Waals surface area contributed by atoms with Crippen LogP contribution in [0.5, 0.6) is 11.5 Å². The Balaban J connectivity index is 0.00000147. The van der Waals surface area contributed by atoms with Gasteiger partial charge in [-0.05, 0) is 31.2 Å². The van der Waals surface area contributed by atoms with Gasteiger partial charge in [-0.15, -0.1) is 12.4 Å². The van der Waals surface area contributed by atoms with E-state index >= 15 is 0 Å². The van der Waals surface area contributed by atoms with E-state index in [9.17, 15) is 4.79 Å². The Morgan fingerprint density at radius 3 is 2.75 bits per heavy atom. The van der Waals surface area contributed by atoms with E-state index in [1.54, 1.807) is 12.1 Å². The monoisotopic (exact) mass is 298 g/mol. The van der Waals surface area contributed by atoms with Crippen molar-refractivity contribution in [2.24, 2.45) is 0 Å². The third-order valence-electron chi connectivity index (χ3n) is 3.69. The molecular weight excluding hydrogens is 280 g/mol. The fourth-order valence-electron chi connectivity index (χ4n) is 2.52. The average molecular weight is 299 g/mol. The molecule has 1 N–H and O–H groups in total. The molecule has 2 aliphatic rings. The first-order valence-corrected chi connectivity index (χ1v) is 6.63. The maximum Gasteiger partial charge on any atom is 0.254 e. The van der Waals surface area contributed by atoms with Gasteiger partial charge in [-0.1, -0.05) is 0 Å². The molecule has 0 bridgehead atoms. The normalized spacial score (nSPS) is 20.1. The third kappa shape index (κ3) is 2.83. The SMILES string of the molecule is CN(C(=O)c1ccc2c(c1)OCCO2)[C@@H]1CCNC1.Cl. The molecule has 0 unspecified atom stereocenters. The first-order valence-electron chi connectivity index (χ1n) is 6.63. The lowest BCUT2D eigenvalue weighted by molar-refractivity contribution is 0.0742. The van der Waals surface area contributed by atoms with Crippen LogP contribution in [0, 0.1) is 0 Å². The Kier molecular flexibility index (Phi) is 4.73. The van der Waals surface area contributed by atoms with E-state index in [-0.39, 0.29) is 24.4 Å². The summed E-state index contributed by atoms with van der Waals surface area (Å²) in [6.07, 6.45) is 1.01. The zero-order valence-electron chi connectivity index (χ0n) is 11.4. The largest absolute Gasteiger partial charge is 0.486 e. The zero-order chi connectivity index (χ0) is 13.2. The van der Waals surface area contributed by atoms with E-state index in [4.69, 9.17) is 9.47 Å². The molecule has 2 aliphatic heterocycles. The molecular formula is C14H19ClN2O3. The smallest absolute Gasteiger partial charge is 0.254 e. The predicted molar refractivity (Wildman–Crippen MR) is 78.0 cm³/mol. The Morgan fingerprint density at radius 1 is 1.30 bits per heavy atom. The predicted octanol–water partition coefficient (Wildman–Crippen LogP) is 1.31. The Morgan fingerprint density at radius 2 is 2.05 bits per heavy atom. The first kappa shape index (κ1) is 14.9. The topological polar surface area (TPSA) is 50.8 Å². The van der Waals surface area contributed by atoms with Gasteiger partial charge in [0.25, 0.3) is 5.91 Å². The van der Waals surface area contributed by atoms with Crippen LogP contribution in [0.25, 0.3) is 0 Å². The summed E-state index contributed by atoms with van der Waals surface area (Å²) in [5.74, 6) is 1.41. The van der Waals surface area contributed by atoms with Gasteiger partial charge in [-0.3, -0.25) is 4.79 Å². The highest BCUT2D eigenvalue weighted by molar-refractivity contribution is 5.95. The summed E-state index contributed by atoms with van der Waals surface area (Å²) in [5, 5.41) is 3.27. The number of ether oxygens (including phenoxy) is 2. The van der Waals surface area contributed by atoms with Crippen molar-refractivity contribution in [2.45, 2.75) is 12.5 Å². The quantitative estimate of drug-likeness (QED) is 0.894. The Hall–Kier alpha value is -1.46. The Bertz CT molecular complexity index is 489. The van der Waals surface area contributed by atoms with Crippen LogP contribution in [0.4, 0.5) is 0 Å². The van der Waals surface area contributed by atoms with Crippen molar-refractivity contribution in [3.05, 3.63) is 23.8 Å². The minimum atomic E-state index is 0. The molecule has 1 aromatic rings. The van der Waals surface area contributed by atoms with E-state index in [0.29, 0.717) is 30.3 Å². The van der Waals surface area contributed by atoms with Gasteiger partial charge >= 0.3 is 0 Å².